The topological polar surface area (TPSA) is 48.1 Å². The Labute approximate surface area is 152 Å². The second-order valence-electron chi connectivity index (χ2n) is 6.82. The van der Waals surface area contributed by atoms with Crippen LogP contribution in [0.4, 0.5) is 5.82 Å². The van der Waals surface area contributed by atoms with Gasteiger partial charge in [-0.25, -0.2) is 9.97 Å². The summed E-state index contributed by atoms with van der Waals surface area (Å²) < 4.78 is 0. The lowest BCUT2D eigenvalue weighted by Gasteiger charge is -2.36. The third kappa shape index (κ3) is 3.10. The number of aromatic nitrogens is 3. The molecular formula is C19H22ClN5. The largest absolute Gasteiger partial charge is 0.356 e. The van der Waals surface area contributed by atoms with Crippen molar-refractivity contribution in [3.05, 3.63) is 41.8 Å². The molecule has 1 aliphatic heterocycles. The molecule has 0 aliphatic carbocycles. The van der Waals surface area contributed by atoms with Gasteiger partial charge in [-0.3, -0.25) is 0 Å². The van der Waals surface area contributed by atoms with Crippen molar-refractivity contribution in [1.29, 1.82) is 0 Å². The minimum Gasteiger partial charge on any atom is -0.356 e. The summed E-state index contributed by atoms with van der Waals surface area (Å²) in [5.41, 5.74) is 3.05. The second-order valence-corrected chi connectivity index (χ2v) is 7.25. The summed E-state index contributed by atoms with van der Waals surface area (Å²) >= 11 is 6.19. The maximum atomic E-state index is 6.19. The van der Waals surface area contributed by atoms with Crippen molar-refractivity contribution < 1.29 is 0 Å². The van der Waals surface area contributed by atoms with E-state index < -0.39 is 0 Å². The van der Waals surface area contributed by atoms with E-state index in [1.165, 1.54) is 0 Å². The molecule has 0 bridgehead atoms. The van der Waals surface area contributed by atoms with Crippen LogP contribution in [0.1, 0.15) is 12.8 Å². The zero-order chi connectivity index (χ0) is 17.4. The van der Waals surface area contributed by atoms with Crippen molar-refractivity contribution in [2.45, 2.75) is 18.9 Å². The fourth-order valence-corrected chi connectivity index (χ4v) is 3.85. The van der Waals surface area contributed by atoms with Crippen molar-refractivity contribution in [3.8, 4) is 11.1 Å². The first-order valence-corrected chi connectivity index (χ1v) is 9.00. The average Bonchev–Trinajstić information content (AvgIpc) is 3.06. The molecule has 1 saturated heterocycles. The minimum absolute atomic E-state index is 0.646. The van der Waals surface area contributed by atoms with Gasteiger partial charge in [-0.05, 0) is 44.6 Å². The molecule has 1 fully saturated rings. The lowest BCUT2D eigenvalue weighted by Crippen LogP contribution is -2.42. The Hall–Kier alpha value is -2.11. The van der Waals surface area contributed by atoms with Crippen LogP contribution < -0.4 is 4.90 Å². The summed E-state index contributed by atoms with van der Waals surface area (Å²) in [5.74, 6) is 1.01. The molecule has 2 aromatic heterocycles. The Balaban J connectivity index is 1.74. The Morgan fingerprint density at radius 1 is 1.20 bits per heavy atom. The molecule has 1 aliphatic rings. The highest BCUT2D eigenvalue weighted by Crippen LogP contribution is 2.35. The molecule has 130 valence electrons. The fourth-order valence-electron chi connectivity index (χ4n) is 3.66. The Kier molecular flexibility index (Phi) is 4.36. The highest BCUT2D eigenvalue weighted by molar-refractivity contribution is 6.31. The van der Waals surface area contributed by atoms with Crippen LogP contribution in [0.3, 0.4) is 0 Å². The molecule has 1 aromatic carbocycles. The first kappa shape index (κ1) is 16.4. The molecule has 4 rings (SSSR count). The van der Waals surface area contributed by atoms with Gasteiger partial charge in [-0.15, -0.1) is 0 Å². The van der Waals surface area contributed by atoms with Crippen molar-refractivity contribution in [2.24, 2.45) is 0 Å². The molecule has 25 heavy (non-hydrogen) atoms. The molecule has 0 unspecified atom stereocenters. The monoisotopic (exact) mass is 355 g/mol. The molecule has 0 amide bonds. The summed E-state index contributed by atoms with van der Waals surface area (Å²) in [6.07, 6.45) is 5.94. The maximum absolute atomic E-state index is 6.19. The van der Waals surface area contributed by atoms with Gasteiger partial charge in [0.25, 0.3) is 0 Å². The number of fused-ring (bicyclic) bond motifs is 1. The lowest BCUT2D eigenvalue weighted by atomic mass is 10.0. The number of halogens is 1. The summed E-state index contributed by atoms with van der Waals surface area (Å²) in [5, 5.41) is 1.81. The number of aromatic amines is 1. The minimum atomic E-state index is 0.646. The van der Waals surface area contributed by atoms with Crippen LogP contribution in [-0.2, 0) is 0 Å². The molecule has 1 N–H and O–H groups in total. The number of nitrogens with one attached hydrogen (secondary N) is 1. The van der Waals surface area contributed by atoms with Gasteiger partial charge in [-0.2, -0.15) is 0 Å². The van der Waals surface area contributed by atoms with E-state index in [1.54, 1.807) is 6.33 Å². The fraction of sp³-hybridized carbons (Fsp3) is 0.368. The van der Waals surface area contributed by atoms with Gasteiger partial charge >= 0.3 is 0 Å². The molecule has 3 aromatic rings. The van der Waals surface area contributed by atoms with Crippen LogP contribution in [0.25, 0.3) is 22.2 Å². The van der Waals surface area contributed by atoms with Crippen LogP contribution in [0, 0.1) is 0 Å². The van der Waals surface area contributed by atoms with Gasteiger partial charge in [0.15, 0.2) is 0 Å². The predicted octanol–water partition coefficient (Wildman–Crippen LogP) is 3.81. The van der Waals surface area contributed by atoms with Crippen molar-refractivity contribution in [2.75, 3.05) is 32.1 Å². The van der Waals surface area contributed by atoms with Gasteiger partial charge in [0.1, 0.15) is 17.8 Å². The Morgan fingerprint density at radius 2 is 2.00 bits per heavy atom. The average molecular weight is 356 g/mol. The number of anilines is 1. The highest BCUT2D eigenvalue weighted by atomic mass is 35.5. The Bertz CT molecular complexity index is 880. The summed E-state index contributed by atoms with van der Waals surface area (Å²) in [7, 11) is 4.32. The number of nitrogens with zero attached hydrogens (tertiary/aromatic N) is 4. The summed E-state index contributed by atoms with van der Waals surface area (Å²) in [4.78, 5) is 17.0. The van der Waals surface area contributed by atoms with Crippen molar-refractivity contribution in [1.82, 2.24) is 19.9 Å². The van der Waals surface area contributed by atoms with E-state index in [4.69, 9.17) is 11.6 Å². The quantitative estimate of drug-likeness (QED) is 0.776. The molecule has 0 atom stereocenters. The van der Waals surface area contributed by atoms with Crippen LogP contribution in [0.2, 0.25) is 5.02 Å². The SMILES string of the molecule is CN(C)C1CCN(c2ncnc3[nH]cc(-c4cccc(Cl)c4)c23)CC1. The molecule has 0 spiro atoms. The molecular weight excluding hydrogens is 334 g/mol. The van der Waals surface area contributed by atoms with E-state index in [1.807, 2.05) is 24.4 Å². The van der Waals surface area contributed by atoms with Crippen LogP contribution >= 0.6 is 11.6 Å². The zero-order valence-electron chi connectivity index (χ0n) is 14.5. The van der Waals surface area contributed by atoms with Crippen molar-refractivity contribution in [3.63, 3.8) is 0 Å². The number of benzene rings is 1. The smallest absolute Gasteiger partial charge is 0.143 e. The normalized spacial score (nSPS) is 16.1. The molecule has 3 heterocycles. The molecule has 0 radical (unpaired) electrons. The second kappa shape index (κ2) is 6.65. The van der Waals surface area contributed by atoms with Gasteiger partial charge < -0.3 is 14.8 Å². The van der Waals surface area contributed by atoms with Crippen LogP contribution in [0.15, 0.2) is 36.8 Å². The number of hydrogen-bond acceptors (Lipinski definition) is 4. The van der Waals surface area contributed by atoms with Gasteiger partial charge in [0.05, 0.1) is 5.39 Å². The van der Waals surface area contributed by atoms with E-state index in [0.29, 0.717) is 6.04 Å². The van der Waals surface area contributed by atoms with Gasteiger partial charge in [0.2, 0.25) is 0 Å². The molecule has 0 saturated carbocycles. The van der Waals surface area contributed by atoms with Crippen molar-refractivity contribution >= 4 is 28.5 Å². The predicted molar refractivity (Wildman–Crippen MR) is 103 cm³/mol. The molecule has 6 heteroatoms. The van der Waals surface area contributed by atoms with E-state index >= 15 is 0 Å². The number of H-pyrrole nitrogens is 1. The third-order valence-electron chi connectivity index (χ3n) is 5.08. The van der Waals surface area contributed by atoms with Gasteiger partial charge in [0, 0.05) is 35.9 Å². The van der Waals surface area contributed by atoms with Gasteiger partial charge in [-0.1, -0.05) is 23.7 Å². The standard InChI is InChI=1S/C19H22ClN5/c1-24(2)15-6-8-25(9-7-15)19-17-16(11-21-18(17)22-12-23-19)13-4-3-5-14(20)10-13/h3-5,10-12,15H,6-9H2,1-2H3,(H,21,22,23). The van der Waals surface area contributed by atoms with Crippen LogP contribution in [0.5, 0.6) is 0 Å². The number of hydrogen-bond donors (Lipinski definition) is 1. The first-order chi connectivity index (χ1) is 12.1. The lowest BCUT2D eigenvalue weighted by molar-refractivity contribution is 0.249. The molecule has 5 nitrogen and oxygen atoms in total. The van der Waals surface area contributed by atoms with E-state index in [-0.39, 0.29) is 0 Å². The summed E-state index contributed by atoms with van der Waals surface area (Å²) in [6.45, 7) is 2.02. The number of piperidine rings is 1. The number of rotatable bonds is 3. The van der Waals surface area contributed by atoms with Crippen LogP contribution in [-0.4, -0.2) is 53.1 Å². The van der Waals surface area contributed by atoms with E-state index in [0.717, 1.165) is 58.9 Å². The Morgan fingerprint density at radius 3 is 2.72 bits per heavy atom. The first-order valence-electron chi connectivity index (χ1n) is 8.63. The zero-order valence-corrected chi connectivity index (χ0v) is 15.3. The highest BCUT2D eigenvalue weighted by Gasteiger charge is 2.24. The van der Waals surface area contributed by atoms with E-state index in [2.05, 4.69) is 44.9 Å². The van der Waals surface area contributed by atoms with E-state index in [9.17, 15) is 0 Å². The summed E-state index contributed by atoms with van der Waals surface area (Å²) in [6, 6.07) is 8.57. The maximum Gasteiger partial charge on any atom is 0.143 e. The third-order valence-corrected chi connectivity index (χ3v) is 5.31.